The first-order valence-electron chi connectivity index (χ1n) is 7.96. The Balaban J connectivity index is 2.06. The average molecular weight is 396 g/mol. The molecule has 140 valence electrons. The van der Waals surface area contributed by atoms with Gasteiger partial charge in [0.1, 0.15) is 5.82 Å². The second-order valence-corrected chi connectivity index (χ2v) is 8.28. The predicted molar refractivity (Wildman–Crippen MR) is 99.3 cm³/mol. The Kier molecular flexibility index (Phi) is 6.87. The molecule has 1 aromatic carbocycles. The van der Waals surface area contributed by atoms with E-state index in [2.05, 4.69) is 5.32 Å². The molecule has 9 heteroatoms. The van der Waals surface area contributed by atoms with Crippen LogP contribution in [-0.2, 0) is 19.6 Å². The third kappa shape index (κ3) is 5.37. The summed E-state index contributed by atoms with van der Waals surface area (Å²) >= 11 is 1.25. The fourth-order valence-corrected chi connectivity index (χ4v) is 4.21. The van der Waals surface area contributed by atoms with Gasteiger partial charge in [-0.2, -0.15) is 0 Å². The standard InChI is InChI=1S/C17H20N2O5S2/c1-13-6-8-14(9-7-13)26(23,24)19-10-11-25-12-15(19)18-16(20)4-2-3-5-17(21)22/h6-12H,2-5H2,1H3,(H,18,20)(H,21,22). The summed E-state index contributed by atoms with van der Waals surface area (Å²) < 4.78 is 26.7. The van der Waals surface area contributed by atoms with Gasteiger partial charge in [0.15, 0.2) is 0 Å². The van der Waals surface area contributed by atoms with Gasteiger partial charge >= 0.3 is 5.97 Å². The maximum Gasteiger partial charge on any atom is 0.303 e. The quantitative estimate of drug-likeness (QED) is 0.655. The van der Waals surface area contributed by atoms with Crippen molar-refractivity contribution in [3.05, 3.63) is 52.7 Å². The van der Waals surface area contributed by atoms with Gasteiger partial charge in [-0.1, -0.05) is 17.7 Å². The van der Waals surface area contributed by atoms with Crippen molar-refractivity contribution in [2.75, 3.05) is 0 Å². The van der Waals surface area contributed by atoms with Crippen LogP contribution in [0.25, 0.3) is 0 Å². The average Bonchev–Trinajstić information content (AvgIpc) is 2.59. The van der Waals surface area contributed by atoms with Crippen molar-refractivity contribution < 1.29 is 23.1 Å². The summed E-state index contributed by atoms with van der Waals surface area (Å²) in [6.45, 7) is 1.86. The Morgan fingerprint density at radius 3 is 2.46 bits per heavy atom. The van der Waals surface area contributed by atoms with Crippen molar-refractivity contribution in [3.63, 3.8) is 0 Å². The molecular weight excluding hydrogens is 376 g/mol. The van der Waals surface area contributed by atoms with Crippen LogP contribution in [0.15, 0.2) is 52.0 Å². The second-order valence-electron chi connectivity index (χ2n) is 5.69. The summed E-state index contributed by atoms with van der Waals surface area (Å²) in [4.78, 5) is 22.7. The third-order valence-corrected chi connectivity index (χ3v) is 5.92. The maximum absolute atomic E-state index is 12.8. The van der Waals surface area contributed by atoms with Crippen molar-refractivity contribution in [1.29, 1.82) is 0 Å². The van der Waals surface area contributed by atoms with Crippen LogP contribution in [0.1, 0.15) is 31.2 Å². The molecule has 0 bridgehead atoms. The Morgan fingerprint density at radius 1 is 1.15 bits per heavy atom. The first-order valence-corrected chi connectivity index (χ1v) is 10.3. The lowest BCUT2D eigenvalue weighted by Gasteiger charge is -2.25. The monoisotopic (exact) mass is 396 g/mol. The molecule has 1 aromatic rings. The maximum atomic E-state index is 12.8. The number of sulfonamides is 1. The highest BCUT2D eigenvalue weighted by atomic mass is 32.2. The fraction of sp³-hybridized carbons (Fsp3) is 0.294. The SMILES string of the molecule is Cc1ccc(S(=O)(=O)N2C=CSC=C2NC(=O)CCCCC(=O)O)cc1. The van der Waals surface area contributed by atoms with Crippen LogP contribution in [0.3, 0.4) is 0 Å². The molecule has 0 aromatic heterocycles. The van der Waals surface area contributed by atoms with E-state index in [1.165, 1.54) is 30.1 Å². The summed E-state index contributed by atoms with van der Waals surface area (Å²) in [6.07, 6.45) is 2.32. The Bertz CT molecular complexity index is 829. The number of amides is 1. The fourth-order valence-electron chi connectivity index (χ4n) is 2.21. The van der Waals surface area contributed by atoms with E-state index in [9.17, 15) is 18.0 Å². The van der Waals surface area contributed by atoms with Gasteiger partial charge < -0.3 is 10.4 Å². The number of nitrogens with zero attached hydrogens (tertiary/aromatic N) is 1. The number of hydrogen-bond acceptors (Lipinski definition) is 5. The van der Waals surface area contributed by atoms with E-state index >= 15 is 0 Å². The summed E-state index contributed by atoms with van der Waals surface area (Å²) in [5.41, 5.74) is 0.944. The number of aliphatic carboxylic acids is 1. The number of carboxylic acid groups (broad SMARTS) is 1. The highest BCUT2D eigenvalue weighted by Gasteiger charge is 2.27. The Labute approximate surface area is 156 Å². The van der Waals surface area contributed by atoms with Crippen molar-refractivity contribution in [3.8, 4) is 0 Å². The molecular formula is C17H20N2O5S2. The van der Waals surface area contributed by atoms with Gasteiger partial charge in [-0.3, -0.25) is 9.59 Å². The number of carbonyl (C=O) groups is 2. The molecule has 1 amide bonds. The Hall–Kier alpha value is -2.26. The third-order valence-electron chi connectivity index (χ3n) is 3.58. The topological polar surface area (TPSA) is 104 Å². The van der Waals surface area contributed by atoms with Crippen molar-refractivity contribution in [2.45, 2.75) is 37.5 Å². The molecule has 1 heterocycles. The lowest BCUT2D eigenvalue weighted by atomic mass is 10.2. The first-order chi connectivity index (χ1) is 12.3. The molecule has 26 heavy (non-hydrogen) atoms. The molecule has 1 aliphatic rings. The zero-order valence-electron chi connectivity index (χ0n) is 14.2. The van der Waals surface area contributed by atoms with E-state index in [4.69, 9.17) is 5.11 Å². The van der Waals surface area contributed by atoms with Crippen molar-refractivity contribution in [2.24, 2.45) is 0 Å². The number of hydrogen-bond donors (Lipinski definition) is 2. The molecule has 0 fully saturated rings. The van der Waals surface area contributed by atoms with Gasteiger partial charge in [0.2, 0.25) is 5.91 Å². The second kappa shape index (κ2) is 8.91. The molecule has 0 aliphatic carbocycles. The minimum atomic E-state index is -3.84. The van der Waals surface area contributed by atoms with Crippen LogP contribution < -0.4 is 5.32 Å². The number of carboxylic acids is 1. The lowest BCUT2D eigenvalue weighted by molar-refractivity contribution is -0.137. The van der Waals surface area contributed by atoms with Crippen molar-refractivity contribution in [1.82, 2.24) is 9.62 Å². The number of benzene rings is 1. The van der Waals surface area contributed by atoms with Gasteiger partial charge in [0, 0.05) is 24.4 Å². The number of carbonyl (C=O) groups excluding carboxylic acids is 1. The van der Waals surface area contributed by atoms with Gasteiger partial charge in [-0.05, 0) is 37.3 Å². The molecule has 0 saturated carbocycles. The van der Waals surface area contributed by atoms with Crippen LogP contribution >= 0.6 is 11.8 Å². The number of aryl methyl sites for hydroxylation is 1. The molecule has 7 nitrogen and oxygen atoms in total. The summed E-state index contributed by atoms with van der Waals surface area (Å²) in [5, 5.41) is 14.3. The molecule has 0 saturated heterocycles. The molecule has 2 rings (SSSR count). The van der Waals surface area contributed by atoms with Gasteiger partial charge in [-0.15, -0.1) is 11.8 Å². The summed E-state index contributed by atoms with van der Waals surface area (Å²) in [7, 11) is -3.84. The minimum absolute atomic E-state index is 0.00247. The predicted octanol–water partition coefficient (Wildman–Crippen LogP) is 2.76. The first kappa shape index (κ1) is 20.1. The van der Waals surface area contributed by atoms with E-state index in [0.717, 1.165) is 9.87 Å². The zero-order chi connectivity index (χ0) is 19.2. The number of unbranched alkanes of at least 4 members (excludes halogenated alkanes) is 1. The largest absolute Gasteiger partial charge is 0.481 e. The van der Waals surface area contributed by atoms with Crippen LogP contribution in [0, 0.1) is 6.92 Å². The number of thioether (sulfide) groups is 1. The van der Waals surface area contributed by atoms with Gasteiger partial charge in [0.05, 0.1) is 4.90 Å². The van der Waals surface area contributed by atoms with E-state index < -0.39 is 16.0 Å². The smallest absolute Gasteiger partial charge is 0.303 e. The van der Waals surface area contributed by atoms with Crippen LogP contribution in [0.5, 0.6) is 0 Å². The van der Waals surface area contributed by atoms with Gasteiger partial charge in [0.25, 0.3) is 10.0 Å². The minimum Gasteiger partial charge on any atom is -0.481 e. The van der Waals surface area contributed by atoms with E-state index in [1.807, 2.05) is 6.92 Å². The van der Waals surface area contributed by atoms with Crippen LogP contribution in [0.4, 0.5) is 0 Å². The molecule has 0 unspecified atom stereocenters. The molecule has 0 radical (unpaired) electrons. The summed E-state index contributed by atoms with van der Waals surface area (Å²) in [6, 6.07) is 6.45. The van der Waals surface area contributed by atoms with Crippen molar-refractivity contribution >= 4 is 33.7 Å². The highest BCUT2D eigenvalue weighted by Crippen LogP contribution is 2.26. The lowest BCUT2D eigenvalue weighted by Crippen LogP contribution is -2.36. The molecule has 1 aliphatic heterocycles. The summed E-state index contributed by atoms with van der Waals surface area (Å²) in [5.74, 6) is -1.11. The van der Waals surface area contributed by atoms with Gasteiger partial charge in [-0.25, -0.2) is 12.7 Å². The molecule has 2 N–H and O–H groups in total. The zero-order valence-corrected chi connectivity index (χ0v) is 15.8. The molecule has 0 atom stereocenters. The van der Waals surface area contributed by atoms with E-state index in [-0.39, 0.29) is 29.5 Å². The molecule has 0 spiro atoms. The van der Waals surface area contributed by atoms with E-state index in [0.29, 0.717) is 12.8 Å². The number of rotatable bonds is 8. The number of nitrogens with one attached hydrogen (secondary N) is 1. The van der Waals surface area contributed by atoms with Crippen LogP contribution in [0.2, 0.25) is 0 Å². The normalized spacial score (nSPS) is 14.0. The van der Waals surface area contributed by atoms with Crippen LogP contribution in [-0.4, -0.2) is 29.7 Å². The highest BCUT2D eigenvalue weighted by molar-refractivity contribution is 8.05. The van der Waals surface area contributed by atoms with E-state index in [1.54, 1.807) is 22.9 Å². The Morgan fingerprint density at radius 2 is 1.81 bits per heavy atom.